The van der Waals surface area contributed by atoms with E-state index in [-0.39, 0.29) is 0 Å². The monoisotopic (exact) mass is 356 g/mol. The Balaban J connectivity index is 2.12. The van der Waals surface area contributed by atoms with Crippen molar-refractivity contribution < 1.29 is 54.7 Å². The summed E-state index contributed by atoms with van der Waals surface area (Å²) in [4.78, 5) is 0. The quantitative estimate of drug-likeness (QED) is 0.251. The van der Waals surface area contributed by atoms with Crippen LogP contribution in [0.2, 0.25) is 0 Å². The molecule has 0 unspecified atom stereocenters. The number of hydrogen-bond donors (Lipinski definition) is 7. The van der Waals surface area contributed by atoms with E-state index in [1.54, 1.807) is 0 Å². The lowest BCUT2D eigenvalue weighted by molar-refractivity contribution is -0.364. The SMILES string of the molecule is CO[C@@H]1O[C@H](CO)[C@H](O)[C@H](O)[C@H]1O[C@@H]1O[C@H](CO)[C@H](O)[C@H](O)[C@H]1O. The van der Waals surface area contributed by atoms with Gasteiger partial charge < -0.3 is 54.7 Å². The van der Waals surface area contributed by atoms with Crippen LogP contribution in [0.5, 0.6) is 0 Å². The third-order valence-electron chi connectivity index (χ3n) is 4.20. The summed E-state index contributed by atoms with van der Waals surface area (Å²) in [6.45, 7) is -1.21. The fraction of sp³-hybridized carbons (Fsp3) is 1.00. The molecule has 142 valence electrons. The van der Waals surface area contributed by atoms with Crippen LogP contribution in [0, 0.1) is 0 Å². The van der Waals surface area contributed by atoms with Gasteiger partial charge in [-0.05, 0) is 0 Å². The molecule has 0 amide bonds. The predicted molar refractivity (Wildman–Crippen MR) is 73.4 cm³/mol. The van der Waals surface area contributed by atoms with E-state index in [0.717, 1.165) is 0 Å². The van der Waals surface area contributed by atoms with E-state index < -0.39 is 74.6 Å². The zero-order chi connectivity index (χ0) is 18.0. The van der Waals surface area contributed by atoms with Gasteiger partial charge in [0.15, 0.2) is 12.6 Å². The highest BCUT2D eigenvalue weighted by atomic mass is 16.8. The molecule has 0 bridgehead atoms. The fourth-order valence-corrected chi connectivity index (χ4v) is 2.73. The molecule has 0 radical (unpaired) electrons. The van der Waals surface area contributed by atoms with E-state index in [2.05, 4.69) is 0 Å². The van der Waals surface area contributed by atoms with Gasteiger partial charge in [-0.3, -0.25) is 0 Å². The second-order valence-electron chi connectivity index (χ2n) is 5.74. The molecule has 0 aromatic carbocycles. The van der Waals surface area contributed by atoms with Crippen LogP contribution in [0.15, 0.2) is 0 Å². The van der Waals surface area contributed by atoms with Gasteiger partial charge in [-0.15, -0.1) is 0 Å². The summed E-state index contributed by atoms with van der Waals surface area (Å²) in [5.41, 5.74) is 0. The van der Waals surface area contributed by atoms with Crippen molar-refractivity contribution in [3.63, 3.8) is 0 Å². The molecule has 24 heavy (non-hydrogen) atoms. The van der Waals surface area contributed by atoms with Crippen molar-refractivity contribution in [1.29, 1.82) is 0 Å². The normalized spacial score (nSPS) is 50.0. The van der Waals surface area contributed by atoms with Crippen LogP contribution in [-0.2, 0) is 18.9 Å². The zero-order valence-corrected chi connectivity index (χ0v) is 13.0. The fourth-order valence-electron chi connectivity index (χ4n) is 2.73. The summed E-state index contributed by atoms with van der Waals surface area (Å²) in [5, 5.41) is 67.8. The van der Waals surface area contributed by atoms with E-state index in [0.29, 0.717) is 0 Å². The van der Waals surface area contributed by atoms with E-state index in [1.165, 1.54) is 7.11 Å². The van der Waals surface area contributed by atoms with Crippen LogP contribution in [0.25, 0.3) is 0 Å². The maximum absolute atomic E-state index is 10.2. The Morgan fingerprint density at radius 3 is 1.71 bits per heavy atom. The Kier molecular flexibility index (Phi) is 6.87. The smallest absolute Gasteiger partial charge is 0.187 e. The molecule has 0 saturated carbocycles. The van der Waals surface area contributed by atoms with Crippen molar-refractivity contribution in [2.24, 2.45) is 0 Å². The number of ether oxygens (including phenoxy) is 4. The molecule has 0 spiro atoms. The Morgan fingerprint density at radius 1 is 0.708 bits per heavy atom. The lowest BCUT2D eigenvalue weighted by atomic mass is 9.97. The van der Waals surface area contributed by atoms with E-state index in [1.807, 2.05) is 0 Å². The summed E-state index contributed by atoms with van der Waals surface area (Å²) >= 11 is 0. The third-order valence-corrected chi connectivity index (χ3v) is 4.20. The van der Waals surface area contributed by atoms with Gasteiger partial charge in [-0.2, -0.15) is 0 Å². The lowest BCUT2D eigenvalue weighted by Crippen LogP contribution is -2.64. The van der Waals surface area contributed by atoms with E-state index in [9.17, 15) is 25.5 Å². The van der Waals surface area contributed by atoms with Gasteiger partial charge in [0.1, 0.15) is 48.8 Å². The first-order valence-electron chi connectivity index (χ1n) is 7.46. The highest BCUT2D eigenvalue weighted by Crippen LogP contribution is 2.29. The summed E-state index contributed by atoms with van der Waals surface area (Å²) in [7, 11) is 1.24. The van der Waals surface area contributed by atoms with Gasteiger partial charge in [-0.1, -0.05) is 0 Å². The first-order valence-corrected chi connectivity index (χ1v) is 7.46. The highest BCUT2D eigenvalue weighted by Gasteiger charge is 2.50. The second kappa shape index (κ2) is 8.29. The molecule has 0 aliphatic carbocycles. The van der Waals surface area contributed by atoms with Gasteiger partial charge in [0, 0.05) is 7.11 Å². The van der Waals surface area contributed by atoms with Crippen LogP contribution in [0.1, 0.15) is 0 Å². The van der Waals surface area contributed by atoms with Gasteiger partial charge in [-0.25, -0.2) is 0 Å². The van der Waals surface area contributed by atoms with Crippen molar-refractivity contribution in [3.8, 4) is 0 Å². The molecule has 11 nitrogen and oxygen atoms in total. The van der Waals surface area contributed by atoms with Crippen LogP contribution < -0.4 is 0 Å². The van der Waals surface area contributed by atoms with Gasteiger partial charge >= 0.3 is 0 Å². The molecule has 2 rings (SSSR count). The molecule has 0 aromatic heterocycles. The number of aliphatic hydroxyl groups is 7. The van der Waals surface area contributed by atoms with Crippen molar-refractivity contribution >= 4 is 0 Å². The molecule has 2 heterocycles. The van der Waals surface area contributed by atoms with E-state index in [4.69, 9.17) is 29.2 Å². The predicted octanol–water partition coefficient (Wildman–Crippen LogP) is -4.74. The molecule has 2 aliphatic heterocycles. The summed E-state index contributed by atoms with van der Waals surface area (Å²) in [5.74, 6) is 0. The van der Waals surface area contributed by atoms with Crippen LogP contribution in [0.3, 0.4) is 0 Å². The first-order chi connectivity index (χ1) is 11.3. The lowest BCUT2D eigenvalue weighted by Gasteiger charge is -2.45. The minimum atomic E-state index is -1.68. The molecular weight excluding hydrogens is 332 g/mol. The van der Waals surface area contributed by atoms with Crippen LogP contribution >= 0.6 is 0 Å². The van der Waals surface area contributed by atoms with Gasteiger partial charge in [0.25, 0.3) is 0 Å². The van der Waals surface area contributed by atoms with Crippen molar-refractivity contribution in [3.05, 3.63) is 0 Å². The average molecular weight is 356 g/mol. The molecule has 2 aliphatic rings. The highest BCUT2D eigenvalue weighted by molar-refractivity contribution is 4.93. The number of aliphatic hydroxyl groups excluding tert-OH is 7. The van der Waals surface area contributed by atoms with Crippen LogP contribution in [0.4, 0.5) is 0 Å². The largest absolute Gasteiger partial charge is 0.394 e. The summed E-state index contributed by atoms with van der Waals surface area (Å²) < 4.78 is 20.8. The molecule has 2 saturated heterocycles. The number of rotatable bonds is 5. The Morgan fingerprint density at radius 2 is 1.21 bits per heavy atom. The van der Waals surface area contributed by atoms with Crippen molar-refractivity contribution in [1.82, 2.24) is 0 Å². The number of methoxy groups -OCH3 is 1. The van der Waals surface area contributed by atoms with Gasteiger partial charge in [0.2, 0.25) is 0 Å². The molecule has 2 fully saturated rings. The standard InChI is InChI=1S/C13H24O11/c1-21-13-11(9(19)7(17)5(3-15)23-13)24-12-10(20)8(18)6(16)4(2-14)22-12/h4-20H,2-3H2,1H3/t4-,5-,6+,7+,8+,9+,10-,11-,12+,13-/m1/s1. The zero-order valence-electron chi connectivity index (χ0n) is 13.0. The topological polar surface area (TPSA) is 179 Å². The van der Waals surface area contributed by atoms with Crippen molar-refractivity contribution in [2.75, 3.05) is 20.3 Å². The molecule has 11 heteroatoms. The number of hydrogen-bond acceptors (Lipinski definition) is 11. The Hall–Kier alpha value is -0.440. The minimum absolute atomic E-state index is 0.565. The maximum Gasteiger partial charge on any atom is 0.187 e. The van der Waals surface area contributed by atoms with Gasteiger partial charge in [0.05, 0.1) is 13.2 Å². The maximum atomic E-state index is 10.2. The molecule has 0 aromatic rings. The first kappa shape index (κ1) is 19.9. The van der Waals surface area contributed by atoms with E-state index >= 15 is 0 Å². The molecule has 7 N–H and O–H groups in total. The van der Waals surface area contributed by atoms with Crippen molar-refractivity contribution in [2.45, 2.75) is 61.4 Å². The Labute approximate surface area is 137 Å². The Bertz CT molecular complexity index is 392. The van der Waals surface area contributed by atoms with Crippen LogP contribution in [-0.4, -0.2) is 117 Å². The molecular formula is C13H24O11. The summed E-state index contributed by atoms with van der Waals surface area (Å²) in [6.07, 6.45) is -14.3. The minimum Gasteiger partial charge on any atom is -0.394 e. The molecule has 10 atom stereocenters. The average Bonchev–Trinajstić information content (AvgIpc) is 2.59. The third kappa shape index (κ3) is 3.71. The second-order valence-corrected chi connectivity index (χ2v) is 5.74. The summed E-state index contributed by atoms with van der Waals surface area (Å²) in [6, 6.07) is 0.